The van der Waals surface area contributed by atoms with Gasteiger partial charge in [0, 0.05) is 7.11 Å². The van der Waals surface area contributed by atoms with E-state index in [-0.39, 0.29) is 6.10 Å². The van der Waals surface area contributed by atoms with Gasteiger partial charge in [0.05, 0.1) is 11.5 Å². The fraction of sp³-hybridized carbons (Fsp3) is 0.900. The number of carboxylic acids is 1. The van der Waals surface area contributed by atoms with Gasteiger partial charge in [-0.05, 0) is 39.3 Å². The van der Waals surface area contributed by atoms with Crippen LogP contribution in [0, 0.1) is 5.41 Å². The maximum atomic E-state index is 11.2. The van der Waals surface area contributed by atoms with Gasteiger partial charge in [0.2, 0.25) is 0 Å². The summed E-state index contributed by atoms with van der Waals surface area (Å²) in [7, 11) is 1.63. The number of aliphatic carboxylic acids is 1. The average molecular weight is 201 g/mol. The summed E-state index contributed by atoms with van der Waals surface area (Å²) in [6.07, 6.45) is 2.04. The molecule has 1 aliphatic rings. The number of ether oxygens (including phenoxy) is 1. The second kappa shape index (κ2) is 4.75. The molecule has 1 rings (SSSR count). The van der Waals surface area contributed by atoms with Gasteiger partial charge in [0.1, 0.15) is 0 Å². The maximum absolute atomic E-state index is 11.2. The molecule has 0 bridgehead atoms. The molecule has 1 fully saturated rings. The van der Waals surface area contributed by atoms with Gasteiger partial charge in [-0.2, -0.15) is 0 Å². The second-order valence-electron chi connectivity index (χ2n) is 4.09. The largest absolute Gasteiger partial charge is 0.481 e. The van der Waals surface area contributed by atoms with Gasteiger partial charge in [0.15, 0.2) is 0 Å². The van der Waals surface area contributed by atoms with Gasteiger partial charge < -0.3 is 15.2 Å². The van der Waals surface area contributed by atoms with Crippen molar-refractivity contribution in [3.05, 3.63) is 0 Å². The number of nitrogens with one attached hydrogen (secondary N) is 1. The molecule has 4 nitrogen and oxygen atoms in total. The van der Waals surface area contributed by atoms with E-state index in [2.05, 4.69) is 5.32 Å². The zero-order chi connectivity index (χ0) is 10.6. The Morgan fingerprint density at radius 2 is 2.14 bits per heavy atom. The molecule has 0 aromatic heterocycles. The van der Waals surface area contributed by atoms with Gasteiger partial charge in [-0.1, -0.05) is 0 Å². The van der Waals surface area contributed by atoms with Crippen LogP contribution in [0.5, 0.6) is 0 Å². The molecule has 2 N–H and O–H groups in total. The lowest BCUT2D eigenvalue weighted by atomic mass is 9.75. The van der Waals surface area contributed by atoms with Crippen LogP contribution in [0.3, 0.4) is 0 Å². The summed E-state index contributed by atoms with van der Waals surface area (Å²) in [6, 6.07) is 0. The summed E-state index contributed by atoms with van der Waals surface area (Å²) in [5, 5.41) is 12.4. The zero-order valence-electron chi connectivity index (χ0n) is 8.88. The van der Waals surface area contributed by atoms with Crippen LogP contribution < -0.4 is 5.32 Å². The Balaban J connectivity index is 2.65. The van der Waals surface area contributed by atoms with Crippen molar-refractivity contribution >= 4 is 5.97 Å². The van der Waals surface area contributed by atoms with Crippen LogP contribution in [-0.4, -0.2) is 37.4 Å². The Hall–Kier alpha value is -0.610. The summed E-state index contributed by atoms with van der Waals surface area (Å²) < 4.78 is 5.14. The summed E-state index contributed by atoms with van der Waals surface area (Å²) >= 11 is 0. The van der Waals surface area contributed by atoms with E-state index in [1.165, 1.54) is 0 Å². The van der Waals surface area contributed by atoms with Crippen molar-refractivity contribution in [3.63, 3.8) is 0 Å². The first-order valence-electron chi connectivity index (χ1n) is 5.08. The van der Waals surface area contributed by atoms with Gasteiger partial charge in [-0.3, -0.25) is 4.79 Å². The minimum absolute atomic E-state index is 0.0178. The fourth-order valence-corrected chi connectivity index (χ4v) is 2.04. The van der Waals surface area contributed by atoms with E-state index in [9.17, 15) is 9.90 Å². The number of hydrogen-bond acceptors (Lipinski definition) is 3. The Kier molecular flexibility index (Phi) is 3.89. The van der Waals surface area contributed by atoms with Crippen molar-refractivity contribution in [1.82, 2.24) is 5.32 Å². The van der Waals surface area contributed by atoms with E-state index < -0.39 is 11.4 Å². The molecule has 0 spiro atoms. The number of carboxylic acid groups (broad SMARTS) is 1. The van der Waals surface area contributed by atoms with Crippen LogP contribution in [0.1, 0.15) is 26.2 Å². The van der Waals surface area contributed by atoms with Crippen LogP contribution in [-0.2, 0) is 9.53 Å². The van der Waals surface area contributed by atoms with E-state index in [0.29, 0.717) is 19.3 Å². The second-order valence-corrected chi connectivity index (χ2v) is 4.09. The van der Waals surface area contributed by atoms with Gasteiger partial charge in [0.25, 0.3) is 0 Å². The van der Waals surface area contributed by atoms with Crippen LogP contribution in [0.4, 0.5) is 0 Å². The third-order valence-electron chi connectivity index (χ3n) is 3.09. The molecular formula is C10H19NO3. The standard InChI is InChI=1S/C10H19NO3/c1-8(14-2)7-10(9(12)13)3-5-11-6-4-10/h8,11H,3-7H2,1-2H3,(H,12,13). The minimum atomic E-state index is -0.678. The molecule has 0 radical (unpaired) electrons. The van der Waals surface area contributed by atoms with Crippen molar-refractivity contribution < 1.29 is 14.6 Å². The predicted octanol–water partition coefficient (Wildman–Crippen LogP) is 0.866. The third-order valence-corrected chi connectivity index (χ3v) is 3.09. The topological polar surface area (TPSA) is 58.6 Å². The molecule has 1 unspecified atom stereocenters. The van der Waals surface area contributed by atoms with E-state index >= 15 is 0 Å². The molecule has 1 saturated heterocycles. The highest BCUT2D eigenvalue weighted by molar-refractivity contribution is 5.74. The van der Waals surface area contributed by atoms with Gasteiger partial charge in [-0.25, -0.2) is 0 Å². The van der Waals surface area contributed by atoms with E-state index in [1.54, 1.807) is 7.11 Å². The average Bonchev–Trinajstić information content (AvgIpc) is 2.19. The van der Waals surface area contributed by atoms with E-state index in [1.807, 2.05) is 6.92 Å². The maximum Gasteiger partial charge on any atom is 0.309 e. The molecule has 0 aromatic rings. The SMILES string of the molecule is COC(C)CC1(C(=O)O)CCNCC1. The van der Waals surface area contributed by atoms with Crippen LogP contribution in [0.2, 0.25) is 0 Å². The van der Waals surface area contributed by atoms with Crippen LogP contribution in [0.25, 0.3) is 0 Å². The Bertz CT molecular complexity index is 200. The summed E-state index contributed by atoms with van der Waals surface area (Å²) in [5.41, 5.74) is -0.569. The number of rotatable bonds is 4. The number of carbonyl (C=O) groups is 1. The first-order chi connectivity index (χ1) is 6.60. The number of methoxy groups -OCH3 is 1. The lowest BCUT2D eigenvalue weighted by Gasteiger charge is -2.35. The van der Waals surface area contributed by atoms with Crippen molar-refractivity contribution in [2.75, 3.05) is 20.2 Å². The summed E-state index contributed by atoms with van der Waals surface area (Å²) in [5.74, 6) is -0.678. The molecule has 0 saturated carbocycles. The molecule has 4 heteroatoms. The van der Waals surface area contributed by atoms with Crippen molar-refractivity contribution in [2.45, 2.75) is 32.3 Å². The molecule has 0 amide bonds. The minimum Gasteiger partial charge on any atom is -0.481 e. The molecule has 1 aliphatic heterocycles. The van der Waals surface area contributed by atoms with Crippen LogP contribution >= 0.6 is 0 Å². The molecule has 0 aromatic carbocycles. The molecule has 14 heavy (non-hydrogen) atoms. The lowest BCUT2D eigenvalue weighted by molar-refractivity contribution is -0.153. The quantitative estimate of drug-likeness (QED) is 0.708. The monoisotopic (exact) mass is 201 g/mol. The highest BCUT2D eigenvalue weighted by Gasteiger charge is 2.40. The molecule has 1 atom stereocenters. The highest BCUT2D eigenvalue weighted by atomic mass is 16.5. The van der Waals surface area contributed by atoms with Crippen molar-refractivity contribution in [1.29, 1.82) is 0 Å². The predicted molar refractivity (Wildman–Crippen MR) is 53.3 cm³/mol. The molecule has 82 valence electrons. The molecule has 0 aliphatic carbocycles. The molecular weight excluding hydrogens is 182 g/mol. The third kappa shape index (κ3) is 2.45. The Morgan fingerprint density at radius 1 is 1.57 bits per heavy atom. The van der Waals surface area contributed by atoms with Crippen LogP contribution in [0.15, 0.2) is 0 Å². The van der Waals surface area contributed by atoms with Crippen molar-refractivity contribution in [3.8, 4) is 0 Å². The normalized spacial score (nSPS) is 23.0. The Morgan fingerprint density at radius 3 is 2.57 bits per heavy atom. The number of piperidine rings is 1. The van der Waals surface area contributed by atoms with Gasteiger partial charge >= 0.3 is 5.97 Å². The summed E-state index contributed by atoms with van der Waals surface area (Å²) in [6.45, 7) is 3.51. The first-order valence-corrected chi connectivity index (χ1v) is 5.08. The van der Waals surface area contributed by atoms with Gasteiger partial charge in [-0.15, -0.1) is 0 Å². The summed E-state index contributed by atoms with van der Waals surface area (Å²) in [4.78, 5) is 11.2. The van der Waals surface area contributed by atoms with Crippen molar-refractivity contribution in [2.24, 2.45) is 5.41 Å². The Labute approximate surface area is 84.6 Å². The molecule has 1 heterocycles. The first kappa shape index (κ1) is 11.5. The van der Waals surface area contributed by atoms with E-state index in [0.717, 1.165) is 13.1 Å². The number of hydrogen-bond donors (Lipinski definition) is 2. The smallest absolute Gasteiger partial charge is 0.309 e. The zero-order valence-corrected chi connectivity index (χ0v) is 8.88. The lowest BCUT2D eigenvalue weighted by Crippen LogP contribution is -2.44. The fourth-order valence-electron chi connectivity index (χ4n) is 2.04. The highest BCUT2D eigenvalue weighted by Crippen LogP contribution is 2.34. The van der Waals surface area contributed by atoms with E-state index in [4.69, 9.17) is 4.74 Å².